The standard InChI is InChI=1S/C12H14N2O/c15-12(9-4-2-1-3-5-9)14-8-10-6-11(14)7-13-10/h1-5,10-11,13H,6-8H2/t10-,11-/m0/s1. The number of nitrogens with zero attached hydrogens (tertiary/aromatic N) is 1. The predicted molar refractivity (Wildman–Crippen MR) is 57.7 cm³/mol. The molecule has 1 aromatic rings. The summed E-state index contributed by atoms with van der Waals surface area (Å²) in [5, 5.41) is 3.40. The number of nitrogens with one attached hydrogen (secondary N) is 1. The van der Waals surface area contributed by atoms with Crippen LogP contribution >= 0.6 is 0 Å². The zero-order valence-electron chi connectivity index (χ0n) is 8.52. The summed E-state index contributed by atoms with van der Waals surface area (Å²) in [7, 11) is 0. The zero-order chi connectivity index (χ0) is 10.3. The molecule has 2 saturated heterocycles. The van der Waals surface area contributed by atoms with Crippen LogP contribution in [0.1, 0.15) is 16.8 Å². The van der Waals surface area contributed by atoms with Crippen molar-refractivity contribution in [3.8, 4) is 0 Å². The van der Waals surface area contributed by atoms with Gasteiger partial charge in [-0.15, -0.1) is 0 Å². The molecule has 2 aliphatic rings. The number of carbonyl (C=O) groups is 1. The second-order valence-corrected chi connectivity index (χ2v) is 4.32. The van der Waals surface area contributed by atoms with Gasteiger partial charge in [0.1, 0.15) is 0 Å². The number of hydrogen-bond acceptors (Lipinski definition) is 2. The van der Waals surface area contributed by atoms with Gasteiger partial charge in [0.25, 0.3) is 5.91 Å². The van der Waals surface area contributed by atoms with E-state index in [1.165, 1.54) is 0 Å². The monoisotopic (exact) mass is 202 g/mol. The molecule has 0 radical (unpaired) electrons. The Hall–Kier alpha value is -1.35. The SMILES string of the molecule is O=C(c1ccccc1)N1C[C@@H]2C[C@H]1CN2. The van der Waals surface area contributed by atoms with E-state index in [0.29, 0.717) is 12.1 Å². The number of rotatable bonds is 1. The Morgan fingerprint density at radius 2 is 2.13 bits per heavy atom. The molecule has 0 saturated carbocycles. The van der Waals surface area contributed by atoms with Crippen molar-refractivity contribution >= 4 is 5.91 Å². The van der Waals surface area contributed by atoms with E-state index in [-0.39, 0.29) is 5.91 Å². The second-order valence-electron chi connectivity index (χ2n) is 4.32. The third kappa shape index (κ3) is 1.43. The maximum Gasteiger partial charge on any atom is 0.254 e. The Morgan fingerprint density at radius 3 is 2.73 bits per heavy atom. The van der Waals surface area contributed by atoms with Crippen molar-refractivity contribution in [1.29, 1.82) is 0 Å². The molecular formula is C12H14N2O. The van der Waals surface area contributed by atoms with Gasteiger partial charge >= 0.3 is 0 Å². The summed E-state index contributed by atoms with van der Waals surface area (Å²) < 4.78 is 0. The van der Waals surface area contributed by atoms with E-state index < -0.39 is 0 Å². The third-order valence-corrected chi connectivity index (χ3v) is 3.34. The van der Waals surface area contributed by atoms with E-state index in [9.17, 15) is 4.79 Å². The lowest BCUT2D eigenvalue weighted by atomic mass is 10.2. The van der Waals surface area contributed by atoms with Gasteiger partial charge in [-0.25, -0.2) is 0 Å². The molecule has 1 amide bonds. The van der Waals surface area contributed by atoms with Crippen LogP contribution in [0.25, 0.3) is 0 Å². The van der Waals surface area contributed by atoms with Crippen LogP contribution in [-0.4, -0.2) is 36.0 Å². The Kier molecular flexibility index (Phi) is 1.99. The molecule has 2 bridgehead atoms. The molecule has 2 atom stereocenters. The first-order chi connectivity index (χ1) is 7.34. The molecular weight excluding hydrogens is 188 g/mol. The van der Waals surface area contributed by atoms with Gasteiger partial charge < -0.3 is 10.2 Å². The zero-order valence-corrected chi connectivity index (χ0v) is 8.52. The van der Waals surface area contributed by atoms with E-state index in [4.69, 9.17) is 0 Å². The third-order valence-electron chi connectivity index (χ3n) is 3.34. The normalized spacial score (nSPS) is 28.4. The number of benzene rings is 1. The van der Waals surface area contributed by atoms with Gasteiger partial charge in [-0.2, -0.15) is 0 Å². The summed E-state index contributed by atoms with van der Waals surface area (Å²) in [4.78, 5) is 14.1. The average molecular weight is 202 g/mol. The van der Waals surface area contributed by atoms with Gasteiger partial charge in [-0.1, -0.05) is 18.2 Å². The lowest BCUT2D eigenvalue weighted by Gasteiger charge is -2.27. The van der Waals surface area contributed by atoms with Crippen molar-refractivity contribution in [2.75, 3.05) is 13.1 Å². The fraction of sp³-hybridized carbons (Fsp3) is 0.417. The van der Waals surface area contributed by atoms with Crippen molar-refractivity contribution < 1.29 is 4.79 Å². The van der Waals surface area contributed by atoms with Crippen LogP contribution in [0.3, 0.4) is 0 Å². The largest absolute Gasteiger partial charge is 0.333 e. The van der Waals surface area contributed by atoms with Crippen molar-refractivity contribution in [1.82, 2.24) is 10.2 Å². The Morgan fingerprint density at radius 1 is 1.33 bits per heavy atom. The van der Waals surface area contributed by atoms with Gasteiger partial charge in [0.2, 0.25) is 0 Å². The topological polar surface area (TPSA) is 32.3 Å². The molecule has 1 aromatic carbocycles. The fourth-order valence-electron chi connectivity index (χ4n) is 2.56. The molecule has 0 aliphatic carbocycles. The highest BCUT2D eigenvalue weighted by Gasteiger charge is 2.40. The fourth-order valence-corrected chi connectivity index (χ4v) is 2.56. The number of fused-ring (bicyclic) bond motifs is 2. The van der Waals surface area contributed by atoms with Crippen LogP contribution in [0, 0.1) is 0 Å². The quantitative estimate of drug-likeness (QED) is 0.733. The summed E-state index contributed by atoms with van der Waals surface area (Å²) in [5.41, 5.74) is 0.810. The van der Waals surface area contributed by atoms with Crippen LogP contribution in [0.4, 0.5) is 0 Å². The van der Waals surface area contributed by atoms with E-state index in [0.717, 1.165) is 25.1 Å². The first-order valence-electron chi connectivity index (χ1n) is 5.44. The molecule has 2 heterocycles. The summed E-state index contributed by atoms with van der Waals surface area (Å²) in [6.45, 7) is 1.83. The van der Waals surface area contributed by atoms with Crippen molar-refractivity contribution in [2.45, 2.75) is 18.5 Å². The van der Waals surface area contributed by atoms with E-state index in [2.05, 4.69) is 5.32 Å². The van der Waals surface area contributed by atoms with Crippen LogP contribution in [0.15, 0.2) is 30.3 Å². The average Bonchev–Trinajstić information content (AvgIpc) is 2.91. The maximum atomic E-state index is 12.1. The van der Waals surface area contributed by atoms with E-state index >= 15 is 0 Å². The highest BCUT2D eigenvalue weighted by Crippen LogP contribution is 2.24. The number of amides is 1. The Bertz CT molecular complexity index is 376. The van der Waals surface area contributed by atoms with Crippen molar-refractivity contribution in [3.05, 3.63) is 35.9 Å². The molecule has 3 nitrogen and oxygen atoms in total. The van der Waals surface area contributed by atoms with Crippen LogP contribution in [0.2, 0.25) is 0 Å². The first kappa shape index (κ1) is 8.92. The smallest absolute Gasteiger partial charge is 0.254 e. The van der Waals surface area contributed by atoms with Gasteiger partial charge in [-0.3, -0.25) is 4.79 Å². The summed E-state index contributed by atoms with van der Waals surface area (Å²) >= 11 is 0. The van der Waals surface area contributed by atoms with Crippen LogP contribution in [0.5, 0.6) is 0 Å². The Labute approximate surface area is 89.1 Å². The minimum Gasteiger partial charge on any atom is -0.333 e. The van der Waals surface area contributed by atoms with Gasteiger partial charge in [-0.05, 0) is 18.6 Å². The molecule has 3 heteroatoms. The predicted octanol–water partition coefficient (Wildman–Crippen LogP) is 0.873. The molecule has 15 heavy (non-hydrogen) atoms. The van der Waals surface area contributed by atoms with Gasteiger partial charge in [0.15, 0.2) is 0 Å². The molecule has 1 N–H and O–H groups in total. The summed E-state index contributed by atoms with van der Waals surface area (Å²) in [6.07, 6.45) is 1.12. The molecule has 0 unspecified atom stereocenters. The van der Waals surface area contributed by atoms with Crippen molar-refractivity contribution in [3.63, 3.8) is 0 Å². The Balaban J connectivity index is 1.81. The molecule has 78 valence electrons. The highest BCUT2D eigenvalue weighted by molar-refractivity contribution is 5.94. The van der Waals surface area contributed by atoms with E-state index in [1.54, 1.807) is 0 Å². The maximum absolute atomic E-state index is 12.1. The first-order valence-corrected chi connectivity index (χ1v) is 5.44. The van der Waals surface area contributed by atoms with Crippen LogP contribution < -0.4 is 5.32 Å². The summed E-state index contributed by atoms with van der Waals surface area (Å²) in [6, 6.07) is 10.5. The van der Waals surface area contributed by atoms with E-state index in [1.807, 2.05) is 35.2 Å². The second kappa shape index (κ2) is 3.35. The van der Waals surface area contributed by atoms with Gasteiger partial charge in [0, 0.05) is 30.7 Å². The van der Waals surface area contributed by atoms with Crippen LogP contribution in [-0.2, 0) is 0 Å². The lowest BCUT2D eigenvalue weighted by molar-refractivity contribution is 0.0716. The number of likely N-dealkylation sites (tertiary alicyclic amines) is 1. The summed E-state index contributed by atoms with van der Waals surface area (Å²) in [5.74, 6) is 0.185. The number of hydrogen-bond donors (Lipinski definition) is 1. The number of carbonyl (C=O) groups excluding carboxylic acids is 1. The molecule has 0 spiro atoms. The highest BCUT2D eigenvalue weighted by atomic mass is 16.2. The molecule has 2 aliphatic heterocycles. The minimum atomic E-state index is 0.185. The minimum absolute atomic E-state index is 0.185. The van der Waals surface area contributed by atoms with Gasteiger partial charge in [0.05, 0.1) is 0 Å². The molecule has 0 aromatic heterocycles. The molecule has 2 fully saturated rings. The lowest BCUT2D eigenvalue weighted by Crippen LogP contribution is -2.46. The van der Waals surface area contributed by atoms with Crippen molar-refractivity contribution in [2.24, 2.45) is 0 Å². The molecule has 3 rings (SSSR count). The number of piperazine rings is 1.